The van der Waals surface area contributed by atoms with E-state index < -0.39 is 5.97 Å². The molecule has 3 atom stereocenters. The number of nitriles is 1. The Morgan fingerprint density at radius 3 is 2.62 bits per heavy atom. The Hall–Kier alpha value is -4.93. The van der Waals surface area contributed by atoms with Crippen molar-refractivity contribution >= 4 is 35.1 Å². The molecule has 2 aliphatic heterocycles. The molecule has 0 saturated carbocycles. The number of nitrogens with one attached hydrogen (secondary N) is 2. The van der Waals surface area contributed by atoms with E-state index in [1.165, 1.54) is 0 Å². The van der Waals surface area contributed by atoms with Gasteiger partial charge in [-0.1, -0.05) is 72.1 Å². The molecule has 0 bridgehead atoms. The number of amides is 1. The number of rotatable bonds is 17. The number of nitrogens with zero attached hydrogens (tertiary/aromatic N) is 4. The van der Waals surface area contributed by atoms with Gasteiger partial charge < -0.3 is 30.0 Å². The lowest BCUT2D eigenvalue weighted by atomic mass is 9.94. The van der Waals surface area contributed by atoms with Crippen LogP contribution in [0.2, 0.25) is 10.0 Å². The Morgan fingerprint density at radius 1 is 1.00 bits per heavy atom. The number of fused-ring (bicyclic) bond motifs is 1. The molecule has 0 radical (unpaired) electrons. The van der Waals surface area contributed by atoms with Gasteiger partial charge in [-0.05, 0) is 80.3 Å². The zero-order chi connectivity index (χ0) is 40.6. The number of pyridine rings is 2. The fourth-order valence-corrected chi connectivity index (χ4v) is 8.97. The van der Waals surface area contributed by atoms with Gasteiger partial charge in [-0.2, -0.15) is 10.2 Å². The second-order valence-corrected chi connectivity index (χ2v) is 15.9. The van der Waals surface area contributed by atoms with Gasteiger partial charge in [-0.3, -0.25) is 14.5 Å². The number of methoxy groups -OCH3 is 1. The first-order valence-corrected chi connectivity index (χ1v) is 20.7. The summed E-state index contributed by atoms with van der Waals surface area (Å²) in [6.45, 7) is 2.44. The molecule has 7 rings (SSSR count). The number of piperidine rings is 1. The molecule has 0 spiro atoms. The third kappa shape index (κ3) is 9.67. The number of benzene rings is 2. The van der Waals surface area contributed by atoms with Gasteiger partial charge in [-0.25, -0.2) is 4.98 Å². The average Bonchev–Trinajstić information content (AvgIpc) is 3.84. The second kappa shape index (κ2) is 19.2. The first-order valence-electron chi connectivity index (χ1n) is 20.0. The van der Waals surface area contributed by atoms with Crippen LogP contribution in [-0.2, 0) is 29.1 Å². The molecule has 304 valence electrons. The van der Waals surface area contributed by atoms with Crippen LogP contribution in [0.1, 0.15) is 86.1 Å². The van der Waals surface area contributed by atoms with Crippen LogP contribution in [0.3, 0.4) is 0 Å². The van der Waals surface area contributed by atoms with Crippen molar-refractivity contribution in [2.24, 2.45) is 0 Å². The fraction of sp³-hybridized carbons (Fsp3) is 0.432. The molecule has 14 heteroatoms. The summed E-state index contributed by atoms with van der Waals surface area (Å²) in [4.78, 5) is 34.6. The van der Waals surface area contributed by atoms with Crippen LogP contribution in [0, 0.1) is 11.3 Å². The third-order valence-electron chi connectivity index (χ3n) is 11.3. The minimum absolute atomic E-state index is 0.0942. The molecule has 12 nitrogen and oxygen atoms in total. The number of ether oxygens (including phenoxy) is 3. The Balaban J connectivity index is 1.08. The molecule has 3 aliphatic rings. The first kappa shape index (κ1) is 41.2. The van der Waals surface area contributed by atoms with E-state index in [2.05, 4.69) is 27.7 Å². The Kier molecular flexibility index (Phi) is 13.7. The van der Waals surface area contributed by atoms with Crippen LogP contribution < -0.4 is 24.8 Å². The normalized spacial score (nSPS) is 19.0. The molecular weight excluding hydrogens is 779 g/mol. The number of carbonyl (C=O) groups excluding carboxylic acids is 1. The lowest BCUT2D eigenvalue weighted by Gasteiger charge is -2.36. The molecule has 3 N–H and O–H groups in total. The van der Waals surface area contributed by atoms with Crippen LogP contribution in [0.5, 0.6) is 17.6 Å². The van der Waals surface area contributed by atoms with Crippen molar-refractivity contribution in [2.45, 2.75) is 95.5 Å². The van der Waals surface area contributed by atoms with Crippen molar-refractivity contribution in [3.8, 4) is 46.1 Å². The maximum Gasteiger partial charge on any atom is 0.303 e. The Morgan fingerprint density at radius 2 is 1.83 bits per heavy atom. The first-order chi connectivity index (χ1) is 28.2. The molecule has 4 aromatic rings. The van der Waals surface area contributed by atoms with Crippen molar-refractivity contribution < 1.29 is 28.9 Å². The minimum atomic E-state index is -0.782. The zero-order valence-corrected chi connectivity index (χ0v) is 34.1. The third-order valence-corrected chi connectivity index (χ3v) is 11.9. The maximum absolute atomic E-state index is 11.6. The summed E-state index contributed by atoms with van der Waals surface area (Å²) in [7, 11) is 1.60. The van der Waals surface area contributed by atoms with Crippen molar-refractivity contribution in [3.63, 3.8) is 0 Å². The van der Waals surface area contributed by atoms with Gasteiger partial charge in [0.05, 0.1) is 17.8 Å². The van der Waals surface area contributed by atoms with Gasteiger partial charge in [0.1, 0.15) is 17.2 Å². The number of hydrogen-bond acceptors (Lipinski definition) is 10. The Bertz CT molecular complexity index is 2180. The molecule has 1 aliphatic carbocycles. The van der Waals surface area contributed by atoms with E-state index in [1.54, 1.807) is 7.11 Å². The molecule has 2 aromatic heterocycles. The summed E-state index contributed by atoms with van der Waals surface area (Å²) < 4.78 is 18.1. The number of aliphatic carboxylic acids is 1. The highest BCUT2D eigenvalue weighted by molar-refractivity contribution is 6.36. The van der Waals surface area contributed by atoms with Crippen molar-refractivity contribution in [2.75, 3.05) is 26.8 Å². The summed E-state index contributed by atoms with van der Waals surface area (Å²) >= 11 is 14.1. The van der Waals surface area contributed by atoms with Crippen molar-refractivity contribution in [1.29, 1.82) is 5.26 Å². The minimum Gasteiger partial charge on any atom is -0.481 e. The predicted molar refractivity (Wildman–Crippen MR) is 221 cm³/mol. The number of carboxylic acids is 1. The van der Waals surface area contributed by atoms with E-state index in [4.69, 9.17) is 52.5 Å². The highest BCUT2D eigenvalue weighted by Gasteiger charge is 2.30. The van der Waals surface area contributed by atoms with E-state index in [-0.39, 0.29) is 43.0 Å². The summed E-state index contributed by atoms with van der Waals surface area (Å²) in [5.74, 6) is 0.363. The maximum atomic E-state index is 11.6. The van der Waals surface area contributed by atoms with Gasteiger partial charge in [0.25, 0.3) is 0 Å². The van der Waals surface area contributed by atoms with Crippen LogP contribution in [-0.4, -0.2) is 70.7 Å². The number of likely N-dealkylation sites (tertiary alicyclic amines) is 1. The van der Waals surface area contributed by atoms with Gasteiger partial charge in [0.2, 0.25) is 23.5 Å². The average molecular weight is 828 g/mol. The quantitative estimate of drug-likeness (QED) is 0.0945. The summed E-state index contributed by atoms with van der Waals surface area (Å²) in [6.07, 6.45) is 7.23. The molecular formula is C44H48Cl2N6O6. The highest BCUT2D eigenvalue weighted by Crippen LogP contribution is 2.45. The second-order valence-electron chi connectivity index (χ2n) is 15.1. The molecule has 4 heterocycles. The SMILES string of the molecule is COc1nc(-c2cccc(-c3cccc4c3CC[C@@H]4Oc3nc(OCC#N)c(CN4CCCCC4CCCC(=O)O)cc3Cl)c2Cl)ccc1CNC[C@@H]1CCC(=O)N1. The van der Waals surface area contributed by atoms with Crippen LogP contribution in [0.4, 0.5) is 0 Å². The predicted octanol–water partition coefficient (Wildman–Crippen LogP) is 8.07. The summed E-state index contributed by atoms with van der Waals surface area (Å²) in [5.41, 5.74) is 7.18. The molecule has 1 amide bonds. The highest BCUT2D eigenvalue weighted by atomic mass is 35.5. The number of hydrogen-bond donors (Lipinski definition) is 3. The van der Waals surface area contributed by atoms with Crippen LogP contribution in [0.25, 0.3) is 22.4 Å². The lowest BCUT2D eigenvalue weighted by Crippen LogP contribution is -2.39. The monoisotopic (exact) mass is 826 g/mol. The van der Waals surface area contributed by atoms with E-state index in [0.29, 0.717) is 66.4 Å². The number of halogens is 2. The van der Waals surface area contributed by atoms with E-state index in [0.717, 1.165) is 84.0 Å². The molecule has 2 aromatic carbocycles. The number of carbonyl (C=O) groups is 2. The van der Waals surface area contributed by atoms with Gasteiger partial charge in [0.15, 0.2) is 6.61 Å². The topological polar surface area (TPSA) is 159 Å². The zero-order valence-electron chi connectivity index (χ0n) is 32.6. The summed E-state index contributed by atoms with van der Waals surface area (Å²) in [6, 6.07) is 20.3. The van der Waals surface area contributed by atoms with Crippen LogP contribution in [0.15, 0.2) is 54.6 Å². The van der Waals surface area contributed by atoms with Gasteiger partial charge in [-0.15, -0.1) is 0 Å². The van der Waals surface area contributed by atoms with Gasteiger partial charge >= 0.3 is 5.97 Å². The summed E-state index contributed by atoms with van der Waals surface area (Å²) in [5, 5.41) is 25.8. The Labute approximate surface area is 348 Å². The fourth-order valence-electron chi connectivity index (χ4n) is 8.42. The number of aromatic nitrogens is 2. The van der Waals surface area contributed by atoms with E-state index >= 15 is 0 Å². The molecule has 58 heavy (non-hydrogen) atoms. The van der Waals surface area contributed by atoms with Gasteiger partial charge in [0, 0.05) is 66.8 Å². The van der Waals surface area contributed by atoms with E-state index in [1.807, 2.05) is 48.5 Å². The molecule has 1 unspecified atom stereocenters. The van der Waals surface area contributed by atoms with E-state index in [9.17, 15) is 14.9 Å². The van der Waals surface area contributed by atoms with Crippen molar-refractivity contribution in [1.82, 2.24) is 25.5 Å². The standard InChI is InChI=1S/C44H48Cl2N6O6/c1-56-42-27(24-48-25-29-15-19-39(53)49-29)14-17-37(50-42)35-12-6-11-34(41(35)46)31-9-5-10-33-32(31)16-18-38(33)58-44-36(45)23-28(43(51-44)57-22-20-47)26-52-21-3-2-7-30(52)8-4-13-40(54)55/h5-6,9-12,14,17,23,29-30,38,48H,2-4,7-8,13,15-16,18-19,21-22,24-26H2,1H3,(H,49,53)(H,54,55)/t29-,30?,38-/m0/s1. The van der Waals surface area contributed by atoms with Crippen molar-refractivity contribution in [3.05, 3.63) is 86.9 Å². The smallest absolute Gasteiger partial charge is 0.303 e. The van der Waals surface area contributed by atoms with Crippen LogP contribution >= 0.6 is 23.2 Å². The lowest BCUT2D eigenvalue weighted by molar-refractivity contribution is -0.137. The molecule has 2 saturated heterocycles. The molecule has 2 fully saturated rings. The number of carboxylic acid groups (broad SMARTS) is 1. The largest absolute Gasteiger partial charge is 0.481 e.